The lowest BCUT2D eigenvalue weighted by Gasteiger charge is -2.45. The average molecular weight is 745 g/mol. The minimum atomic E-state index is 0.429. The molecule has 0 saturated heterocycles. The van der Waals surface area contributed by atoms with Crippen LogP contribution in [0.3, 0.4) is 0 Å². The normalized spacial score (nSPS) is 43.1. The Bertz CT molecular complexity index is 913. The van der Waals surface area contributed by atoms with Crippen LogP contribution in [0.5, 0.6) is 0 Å². The Morgan fingerprint density at radius 1 is 0.491 bits per heavy atom. The second-order valence-corrected chi connectivity index (χ2v) is 21.6. The van der Waals surface area contributed by atoms with E-state index < -0.39 is 0 Å². The van der Waals surface area contributed by atoms with Gasteiger partial charge in [0.05, 0.1) is 0 Å². The molecule has 0 aromatic heterocycles. The van der Waals surface area contributed by atoms with Gasteiger partial charge in [0, 0.05) is 30.2 Å². The third-order valence-corrected chi connectivity index (χ3v) is 15.7. The van der Waals surface area contributed by atoms with Crippen LogP contribution in [0.25, 0.3) is 0 Å². The second-order valence-electron chi connectivity index (χ2n) is 21.6. The largest absolute Gasteiger partial charge is 0.330 e. The highest BCUT2D eigenvalue weighted by Gasteiger charge is 2.38. The highest BCUT2D eigenvalue weighted by Crippen LogP contribution is 2.47. The maximum absolute atomic E-state index is 6.10. The molecule has 10 unspecified atom stereocenters. The summed E-state index contributed by atoms with van der Waals surface area (Å²) in [5, 5.41) is 0. The Kier molecular flexibility index (Phi) is 20.7. The molecule has 6 nitrogen and oxygen atoms in total. The van der Waals surface area contributed by atoms with Crippen LogP contribution in [0.1, 0.15) is 203 Å². The molecule has 0 radical (unpaired) electrons. The van der Waals surface area contributed by atoms with E-state index in [1.165, 1.54) is 154 Å². The molecule has 53 heavy (non-hydrogen) atoms. The molecule has 0 heterocycles. The van der Waals surface area contributed by atoms with Crippen molar-refractivity contribution in [1.29, 1.82) is 0 Å². The maximum atomic E-state index is 6.10. The Labute approximate surface area is 331 Å². The van der Waals surface area contributed by atoms with Crippen LogP contribution in [0, 0.1) is 58.2 Å². The third kappa shape index (κ3) is 17.4. The second kappa shape index (κ2) is 23.2. The zero-order valence-corrected chi connectivity index (χ0v) is 36.6. The molecule has 6 aliphatic carbocycles. The molecular weight excluding hydrogens is 649 g/mol. The summed E-state index contributed by atoms with van der Waals surface area (Å²) < 4.78 is 0. The summed E-state index contributed by atoms with van der Waals surface area (Å²) >= 11 is 0. The lowest BCUT2D eigenvalue weighted by Crippen LogP contribution is -2.41. The van der Waals surface area contributed by atoms with Gasteiger partial charge in [-0.05, 0) is 193 Å². The van der Waals surface area contributed by atoms with Gasteiger partial charge in [-0.25, -0.2) is 0 Å². The van der Waals surface area contributed by atoms with E-state index in [4.69, 9.17) is 34.4 Å². The van der Waals surface area contributed by atoms with E-state index in [2.05, 4.69) is 48.5 Å². The molecule has 6 rings (SSSR count). The van der Waals surface area contributed by atoms with E-state index in [0.717, 1.165) is 53.9 Å². The van der Waals surface area contributed by atoms with Gasteiger partial charge in [0.25, 0.3) is 0 Å². The van der Waals surface area contributed by atoms with Gasteiger partial charge in [-0.2, -0.15) is 0 Å². The highest BCUT2D eigenvalue weighted by atomic mass is 14.7. The van der Waals surface area contributed by atoms with Gasteiger partial charge in [0.15, 0.2) is 0 Å². The summed E-state index contributed by atoms with van der Waals surface area (Å²) in [6.07, 6.45) is 32.0. The van der Waals surface area contributed by atoms with Crippen molar-refractivity contribution in [2.45, 2.75) is 233 Å². The SMILES string of the molecule is CC1CC(CC2CCC(N)C(C)C2)CCC1N.CC1CCCCC1CN.CCC1(C)CC(N)CC(C)(C)C1.NC1CCC(CC2CCC(N)CC2)CC1. The predicted molar refractivity (Wildman–Crippen MR) is 232 cm³/mol. The fraction of sp³-hybridized carbons (Fsp3) is 1.00. The molecule has 6 heteroatoms. The zero-order chi connectivity index (χ0) is 39.2. The lowest BCUT2D eigenvalue weighted by molar-refractivity contribution is 0.0802. The van der Waals surface area contributed by atoms with Crippen LogP contribution in [0.2, 0.25) is 0 Å². The molecule has 314 valence electrons. The monoisotopic (exact) mass is 745 g/mol. The Morgan fingerprint density at radius 3 is 1.30 bits per heavy atom. The van der Waals surface area contributed by atoms with Gasteiger partial charge >= 0.3 is 0 Å². The minimum absolute atomic E-state index is 0.429. The summed E-state index contributed by atoms with van der Waals surface area (Å²) in [7, 11) is 0. The lowest BCUT2D eigenvalue weighted by atomic mass is 9.62. The van der Waals surface area contributed by atoms with Crippen LogP contribution >= 0.6 is 0 Å². The van der Waals surface area contributed by atoms with E-state index in [1.807, 2.05) is 0 Å². The topological polar surface area (TPSA) is 156 Å². The van der Waals surface area contributed by atoms with Crippen molar-refractivity contribution in [1.82, 2.24) is 0 Å². The predicted octanol–water partition coefficient (Wildman–Crippen LogP) is 10.0. The molecule has 0 aromatic rings. The first-order valence-corrected chi connectivity index (χ1v) is 23.5. The molecule has 6 saturated carbocycles. The molecule has 6 fully saturated rings. The van der Waals surface area contributed by atoms with E-state index >= 15 is 0 Å². The van der Waals surface area contributed by atoms with Crippen molar-refractivity contribution in [3.8, 4) is 0 Å². The van der Waals surface area contributed by atoms with Gasteiger partial charge in [-0.15, -0.1) is 0 Å². The number of hydrogen-bond acceptors (Lipinski definition) is 6. The van der Waals surface area contributed by atoms with Gasteiger partial charge in [-0.3, -0.25) is 0 Å². The van der Waals surface area contributed by atoms with E-state index in [9.17, 15) is 0 Å². The summed E-state index contributed by atoms with van der Waals surface area (Å²) in [6, 6.07) is 2.36. The maximum Gasteiger partial charge on any atom is 0.00647 e. The Hall–Kier alpha value is -0.240. The van der Waals surface area contributed by atoms with E-state index in [1.54, 1.807) is 0 Å². The quantitative estimate of drug-likeness (QED) is 0.159. The van der Waals surface area contributed by atoms with Crippen LogP contribution < -0.4 is 34.4 Å². The minimum Gasteiger partial charge on any atom is -0.330 e. The number of nitrogens with two attached hydrogens (primary N) is 6. The first-order valence-electron chi connectivity index (χ1n) is 23.5. The van der Waals surface area contributed by atoms with Crippen molar-refractivity contribution in [3.05, 3.63) is 0 Å². The zero-order valence-electron chi connectivity index (χ0n) is 36.6. The Morgan fingerprint density at radius 2 is 0.925 bits per heavy atom. The average Bonchev–Trinajstić information content (AvgIpc) is 3.10. The molecule has 0 amide bonds. The molecule has 0 bridgehead atoms. The van der Waals surface area contributed by atoms with Gasteiger partial charge in [0.2, 0.25) is 0 Å². The molecular formula is C47H96N6. The molecule has 12 N–H and O–H groups in total. The van der Waals surface area contributed by atoms with Gasteiger partial charge in [-0.1, -0.05) is 74.1 Å². The van der Waals surface area contributed by atoms with Crippen LogP contribution in [0.4, 0.5) is 0 Å². The van der Waals surface area contributed by atoms with Gasteiger partial charge in [0.1, 0.15) is 0 Å². The molecule has 0 aromatic carbocycles. The summed E-state index contributed by atoms with van der Waals surface area (Å²) in [4.78, 5) is 0. The summed E-state index contributed by atoms with van der Waals surface area (Å²) in [5.74, 6) is 7.03. The first kappa shape index (κ1) is 47.1. The molecule has 6 aliphatic rings. The van der Waals surface area contributed by atoms with Crippen LogP contribution in [-0.4, -0.2) is 36.8 Å². The van der Waals surface area contributed by atoms with E-state index in [-0.39, 0.29) is 0 Å². The number of hydrogen-bond donors (Lipinski definition) is 6. The molecule has 0 aliphatic heterocycles. The van der Waals surface area contributed by atoms with Gasteiger partial charge < -0.3 is 34.4 Å². The van der Waals surface area contributed by atoms with Crippen LogP contribution in [0.15, 0.2) is 0 Å². The fourth-order valence-corrected chi connectivity index (χ4v) is 12.0. The van der Waals surface area contributed by atoms with Crippen molar-refractivity contribution in [2.75, 3.05) is 6.54 Å². The molecule has 0 spiro atoms. The van der Waals surface area contributed by atoms with Crippen molar-refractivity contribution in [2.24, 2.45) is 92.6 Å². The Balaban J connectivity index is 0.000000195. The smallest absolute Gasteiger partial charge is 0.00647 e. The number of rotatable bonds is 6. The van der Waals surface area contributed by atoms with Crippen molar-refractivity contribution >= 4 is 0 Å². The third-order valence-electron chi connectivity index (χ3n) is 15.7. The summed E-state index contributed by atoms with van der Waals surface area (Å²) in [6.45, 7) is 17.3. The highest BCUT2D eigenvalue weighted by molar-refractivity contribution is 4.92. The van der Waals surface area contributed by atoms with E-state index in [0.29, 0.717) is 41.0 Å². The first-order chi connectivity index (χ1) is 25.0. The summed E-state index contributed by atoms with van der Waals surface area (Å²) in [5.41, 5.74) is 36.7. The van der Waals surface area contributed by atoms with Crippen molar-refractivity contribution < 1.29 is 0 Å². The molecule has 10 atom stereocenters. The van der Waals surface area contributed by atoms with Crippen molar-refractivity contribution in [3.63, 3.8) is 0 Å². The van der Waals surface area contributed by atoms with Crippen LogP contribution in [-0.2, 0) is 0 Å². The standard InChI is InChI=1S/C15H30N2.C13H26N2.C11H23N.C8H17N/c1-10-7-12(3-5-14(10)16)9-13-4-6-15(17)11(2)8-13;14-12-5-1-10(2-6-12)9-11-3-7-13(15)8-4-11;1-5-11(4)7-9(12)6-10(2,3)8-11;1-7-4-2-3-5-8(7)6-9/h10-15H,3-9,16-17H2,1-2H3;10-13H,1-9,14-15H2;9H,5-8,12H2,1-4H3;7-8H,2-6,9H2,1H3. The fourth-order valence-electron chi connectivity index (χ4n) is 12.0.